The van der Waals surface area contributed by atoms with E-state index in [0.717, 1.165) is 6.42 Å². The monoisotopic (exact) mass is 209 g/mol. The Morgan fingerprint density at radius 2 is 1.67 bits per heavy atom. The van der Waals surface area contributed by atoms with E-state index in [0.29, 0.717) is 0 Å². The molecule has 1 aliphatic heterocycles. The number of nitrogens with zero attached hydrogens (tertiary/aromatic N) is 1. The Balaban J connectivity index is 2.04. The van der Waals surface area contributed by atoms with Gasteiger partial charge in [-0.15, -0.1) is 0 Å². The van der Waals surface area contributed by atoms with Crippen molar-refractivity contribution in [3.05, 3.63) is 0 Å². The van der Waals surface area contributed by atoms with Crippen molar-refractivity contribution in [1.82, 2.24) is 0 Å². The number of hydrogen-bond donors (Lipinski definition) is 0. The summed E-state index contributed by atoms with van der Waals surface area (Å²) < 4.78 is 0. The van der Waals surface area contributed by atoms with Gasteiger partial charge in [0, 0.05) is 11.8 Å². The van der Waals surface area contributed by atoms with Gasteiger partial charge < -0.3 is 4.84 Å². The summed E-state index contributed by atoms with van der Waals surface area (Å²) in [5, 5.41) is 4.34. The minimum Gasteiger partial charge on any atom is -0.389 e. The summed E-state index contributed by atoms with van der Waals surface area (Å²) in [6.07, 6.45) is 8.84. The van der Waals surface area contributed by atoms with Crippen LogP contribution >= 0.6 is 0 Å². The van der Waals surface area contributed by atoms with Gasteiger partial charge in [-0.3, -0.25) is 0 Å². The van der Waals surface area contributed by atoms with E-state index >= 15 is 0 Å². The van der Waals surface area contributed by atoms with E-state index in [4.69, 9.17) is 4.84 Å². The first-order valence-corrected chi connectivity index (χ1v) is 6.27. The van der Waals surface area contributed by atoms with Crippen LogP contribution in [0, 0.1) is 5.41 Å². The predicted octanol–water partition coefficient (Wildman–Crippen LogP) is 3.90. The molecule has 1 heterocycles. The van der Waals surface area contributed by atoms with Gasteiger partial charge in [0.05, 0.1) is 5.71 Å². The normalized spacial score (nSPS) is 25.9. The molecular weight excluding hydrogens is 186 g/mol. The molecule has 0 saturated heterocycles. The Bertz CT molecular complexity index is 254. The van der Waals surface area contributed by atoms with E-state index in [1.807, 2.05) is 0 Å². The van der Waals surface area contributed by atoms with Crippen molar-refractivity contribution >= 4 is 5.71 Å². The maximum Gasteiger partial charge on any atom is 0.143 e. The predicted molar refractivity (Wildman–Crippen MR) is 63.0 cm³/mol. The zero-order valence-electron chi connectivity index (χ0n) is 10.3. The molecule has 2 aliphatic rings. The van der Waals surface area contributed by atoms with E-state index in [1.54, 1.807) is 0 Å². The number of rotatable bonds is 0. The molecule has 86 valence electrons. The Kier molecular flexibility index (Phi) is 2.78. The molecule has 0 aromatic rings. The third-order valence-electron chi connectivity index (χ3n) is 3.72. The highest BCUT2D eigenvalue weighted by Crippen LogP contribution is 2.40. The van der Waals surface area contributed by atoms with Gasteiger partial charge in [-0.2, -0.15) is 0 Å². The molecule has 1 aliphatic carbocycles. The summed E-state index contributed by atoms with van der Waals surface area (Å²) in [6, 6.07) is 0. The molecule has 1 spiro atoms. The minimum absolute atomic E-state index is 0.0825. The molecule has 1 saturated carbocycles. The van der Waals surface area contributed by atoms with Crippen molar-refractivity contribution in [1.29, 1.82) is 0 Å². The smallest absolute Gasteiger partial charge is 0.143 e. The Hall–Kier alpha value is -0.530. The maximum absolute atomic E-state index is 5.79. The molecule has 15 heavy (non-hydrogen) atoms. The zero-order chi connectivity index (χ0) is 10.9. The lowest BCUT2D eigenvalue weighted by Gasteiger charge is -2.26. The highest BCUT2D eigenvalue weighted by Gasteiger charge is 2.42. The quantitative estimate of drug-likeness (QED) is 0.593. The van der Waals surface area contributed by atoms with Crippen molar-refractivity contribution in [2.75, 3.05) is 0 Å². The van der Waals surface area contributed by atoms with Crippen molar-refractivity contribution < 1.29 is 4.84 Å². The van der Waals surface area contributed by atoms with E-state index in [2.05, 4.69) is 25.9 Å². The Morgan fingerprint density at radius 1 is 1.07 bits per heavy atom. The molecule has 0 unspecified atom stereocenters. The largest absolute Gasteiger partial charge is 0.389 e. The molecular formula is C13H23NO. The third-order valence-corrected chi connectivity index (χ3v) is 3.72. The van der Waals surface area contributed by atoms with Crippen LogP contribution in [0.25, 0.3) is 0 Å². The van der Waals surface area contributed by atoms with Crippen LogP contribution in [0.4, 0.5) is 0 Å². The lowest BCUT2D eigenvalue weighted by atomic mass is 9.80. The van der Waals surface area contributed by atoms with E-state index in [1.165, 1.54) is 44.2 Å². The van der Waals surface area contributed by atoms with Crippen LogP contribution < -0.4 is 0 Å². The van der Waals surface area contributed by atoms with Crippen LogP contribution in [0.3, 0.4) is 0 Å². The molecule has 0 N–H and O–H groups in total. The molecule has 1 fully saturated rings. The molecule has 0 aromatic heterocycles. The van der Waals surface area contributed by atoms with Gasteiger partial charge in [-0.25, -0.2) is 0 Å². The van der Waals surface area contributed by atoms with Gasteiger partial charge >= 0.3 is 0 Å². The highest BCUT2D eigenvalue weighted by molar-refractivity contribution is 5.90. The first-order valence-electron chi connectivity index (χ1n) is 6.27. The fraction of sp³-hybridized carbons (Fsp3) is 0.923. The SMILES string of the molecule is CC(C)(C)C1=NOC2(CCCCCC2)C1. The highest BCUT2D eigenvalue weighted by atomic mass is 16.7. The summed E-state index contributed by atoms with van der Waals surface area (Å²) in [5.41, 5.74) is 1.51. The summed E-state index contributed by atoms with van der Waals surface area (Å²) >= 11 is 0. The molecule has 2 heteroatoms. The summed E-state index contributed by atoms with van der Waals surface area (Å²) in [4.78, 5) is 5.79. The van der Waals surface area contributed by atoms with E-state index in [-0.39, 0.29) is 11.0 Å². The van der Waals surface area contributed by atoms with Crippen molar-refractivity contribution in [3.8, 4) is 0 Å². The topological polar surface area (TPSA) is 21.6 Å². The lowest BCUT2D eigenvalue weighted by molar-refractivity contribution is -0.0298. The zero-order valence-corrected chi connectivity index (χ0v) is 10.3. The summed E-state index contributed by atoms with van der Waals surface area (Å²) in [6.45, 7) is 6.68. The van der Waals surface area contributed by atoms with Gasteiger partial charge in [0.25, 0.3) is 0 Å². The molecule has 2 rings (SSSR count). The number of oxime groups is 1. The first kappa shape index (κ1) is 11.0. The van der Waals surface area contributed by atoms with Crippen LogP contribution in [0.5, 0.6) is 0 Å². The van der Waals surface area contributed by atoms with Gasteiger partial charge in [0.2, 0.25) is 0 Å². The average molecular weight is 209 g/mol. The van der Waals surface area contributed by atoms with Gasteiger partial charge in [0.1, 0.15) is 5.60 Å². The fourth-order valence-electron chi connectivity index (χ4n) is 2.56. The van der Waals surface area contributed by atoms with Gasteiger partial charge in [-0.05, 0) is 25.7 Å². The van der Waals surface area contributed by atoms with Gasteiger partial charge in [0.15, 0.2) is 0 Å². The van der Waals surface area contributed by atoms with Crippen molar-refractivity contribution in [3.63, 3.8) is 0 Å². The van der Waals surface area contributed by atoms with Crippen molar-refractivity contribution in [2.45, 2.75) is 71.3 Å². The second-order valence-corrected chi connectivity index (χ2v) is 6.15. The summed E-state index contributed by atoms with van der Waals surface area (Å²) in [7, 11) is 0. The van der Waals surface area contributed by atoms with Crippen LogP contribution in [0.15, 0.2) is 5.16 Å². The Labute approximate surface area is 93.1 Å². The molecule has 0 bridgehead atoms. The fourth-order valence-corrected chi connectivity index (χ4v) is 2.56. The van der Waals surface area contributed by atoms with E-state index < -0.39 is 0 Å². The second kappa shape index (κ2) is 3.80. The van der Waals surface area contributed by atoms with Crippen molar-refractivity contribution in [2.24, 2.45) is 10.6 Å². The first-order chi connectivity index (χ1) is 7.02. The lowest BCUT2D eigenvalue weighted by Crippen LogP contribution is -2.31. The molecule has 0 atom stereocenters. The Morgan fingerprint density at radius 3 is 2.13 bits per heavy atom. The minimum atomic E-state index is 0.0825. The second-order valence-electron chi connectivity index (χ2n) is 6.15. The third kappa shape index (κ3) is 2.35. The number of hydrogen-bond acceptors (Lipinski definition) is 2. The molecule has 2 nitrogen and oxygen atoms in total. The summed E-state index contributed by atoms with van der Waals surface area (Å²) in [5.74, 6) is 0. The van der Waals surface area contributed by atoms with Crippen LogP contribution in [-0.2, 0) is 4.84 Å². The van der Waals surface area contributed by atoms with Crippen LogP contribution in [-0.4, -0.2) is 11.3 Å². The maximum atomic E-state index is 5.79. The van der Waals surface area contributed by atoms with Gasteiger partial charge in [-0.1, -0.05) is 38.8 Å². The molecule has 0 radical (unpaired) electrons. The van der Waals surface area contributed by atoms with E-state index in [9.17, 15) is 0 Å². The van der Waals surface area contributed by atoms with Crippen LogP contribution in [0.2, 0.25) is 0 Å². The van der Waals surface area contributed by atoms with Crippen LogP contribution in [0.1, 0.15) is 65.7 Å². The molecule has 0 amide bonds. The standard InChI is InChI=1S/C13H23NO/c1-12(2,3)11-10-13(15-14-11)8-6-4-5-7-9-13/h4-10H2,1-3H3. The average Bonchev–Trinajstić information content (AvgIpc) is 2.41. The molecule has 0 aromatic carbocycles.